The number of carbonyl (C=O) groups excluding carboxylic acids is 2. The molecule has 0 aliphatic heterocycles. The number of nitrogens with zero attached hydrogens (tertiary/aromatic N) is 1. The molecule has 0 aromatic heterocycles. The molecule has 0 heterocycles. The van der Waals surface area contributed by atoms with Crippen molar-refractivity contribution in [3.8, 4) is 0 Å². The summed E-state index contributed by atoms with van der Waals surface area (Å²) in [4.78, 5) is 25.4. The summed E-state index contributed by atoms with van der Waals surface area (Å²) < 4.78 is 0. The Kier molecular flexibility index (Phi) is 5.92. The first-order valence-electron chi connectivity index (χ1n) is 7.66. The van der Waals surface area contributed by atoms with E-state index in [4.69, 9.17) is 0 Å². The molecule has 0 spiro atoms. The molecule has 2 aromatic rings. The summed E-state index contributed by atoms with van der Waals surface area (Å²) >= 11 is 0. The standard InChI is InChI=1S/C19H22N2O2/c1-15-7-6-10-18(11-15)13-21(16(2)22)14-19(23)20-12-17-8-4-3-5-9-17/h3-11H,12-14H2,1-2H3,(H,20,23). The second-order valence-corrected chi connectivity index (χ2v) is 5.63. The van der Waals surface area contributed by atoms with E-state index in [1.807, 2.05) is 61.5 Å². The maximum Gasteiger partial charge on any atom is 0.239 e. The van der Waals surface area contributed by atoms with Crippen molar-refractivity contribution in [2.75, 3.05) is 6.54 Å². The van der Waals surface area contributed by atoms with Crippen LogP contribution in [0.25, 0.3) is 0 Å². The van der Waals surface area contributed by atoms with Crippen molar-refractivity contribution in [2.45, 2.75) is 26.9 Å². The normalized spacial score (nSPS) is 10.2. The van der Waals surface area contributed by atoms with Crippen molar-refractivity contribution in [2.24, 2.45) is 0 Å². The van der Waals surface area contributed by atoms with Crippen molar-refractivity contribution >= 4 is 11.8 Å². The molecule has 4 nitrogen and oxygen atoms in total. The lowest BCUT2D eigenvalue weighted by Crippen LogP contribution is -2.39. The number of hydrogen-bond donors (Lipinski definition) is 1. The van der Waals surface area contributed by atoms with Gasteiger partial charge in [-0.1, -0.05) is 60.2 Å². The van der Waals surface area contributed by atoms with Crippen LogP contribution >= 0.6 is 0 Å². The lowest BCUT2D eigenvalue weighted by atomic mass is 10.1. The number of rotatable bonds is 6. The highest BCUT2D eigenvalue weighted by atomic mass is 16.2. The molecule has 0 aliphatic carbocycles. The molecule has 2 rings (SSSR count). The van der Waals surface area contributed by atoms with Gasteiger partial charge in [-0.05, 0) is 18.1 Å². The van der Waals surface area contributed by atoms with Gasteiger partial charge < -0.3 is 10.2 Å². The van der Waals surface area contributed by atoms with Gasteiger partial charge >= 0.3 is 0 Å². The van der Waals surface area contributed by atoms with Gasteiger partial charge in [-0.2, -0.15) is 0 Å². The fourth-order valence-corrected chi connectivity index (χ4v) is 2.34. The summed E-state index contributed by atoms with van der Waals surface area (Å²) in [5, 5.41) is 2.85. The number of hydrogen-bond acceptors (Lipinski definition) is 2. The fourth-order valence-electron chi connectivity index (χ4n) is 2.34. The van der Waals surface area contributed by atoms with E-state index in [0.717, 1.165) is 16.7 Å². The van der Waals surface area contributed by atoms with Crippen molar-refractivity contribution in [1.82, 2.24) is 10.2 Å². The predicted octanol–water partition coefficient (Wildman–Crippen LogP) is 2.66. The molecule has 0 radical (unpaired) electrons. The van der Waals surface area contributed by atoms with E-state index in [2.05, 4.69) is 5.32 Å². The zero-order valence-electron chi connectivity index (χ0n) is 13.6. The van der Waals surface area contributed by atoms with Gasteiger partial charge in [-0.25, -0.2) is 0 Å². The molecule has 0 fully saturated rings. The molecule has 0 atom stereocenters. The minimum atomic E-state index is -0.156. The summed E-state index contributed by atoms with van der Waals surface area (Å²) in [5.74, 6) is -0.266. The minimum Gasteiger partial charge on any atom is -0.350 e. The van der Waals surface area contributed by atoms with Gasteiger partial charge in [0.25, 0.3) is 0 Å². The van der Waals surface area contributed by atoms with Crippen LogP contribution < -0.4 is 5.32 Å². The summed E-state index contributed by atoms with van der Waals surface area (Å²) in [7, 11) is 0. The Hall–Kier alpha value is -2.62. The Labute approximate surface area is 137 Å². The van der Waals surface area contributed by atoms with Crippen molar-refractivity contribution < 1.29 is 9.59 Å². The third-order valence-electron chi connectivity index (χ3n) is 3.57. The Bertz CT molecular complexity index is 668. The van der Waals surface area contributed by atoms with Crippen LogP contribution in [-0.4, -0.2) is 23.3 Å². The smallest absolute Gasteiger partial charge is 0.239 e. The van der Waals surface area contributed by atoms with Gasteiger partial charge in [0.2, 0.25) is 11.8 Å². The van der Waals surface area contributed by atoms with Crippen LogP contribution in [-0.2, 0) is 22.7 Å². The zero-order chi connectivity index (χ0) is 16.7. The number of nitrogens with one attached hydrogen (secondary N) is 1. The first-order valence-corrected chi connectivity index (χ1v) is 7.66. The molecular weight excluding hydrogens is 288 g/mol. The van der Waals surface area contributed by atoms with E-state index in [-0.39, 0.29) is 18.4 Å². The van der Waals surface area contributed by atoms with Gasteiger partial charge in [-0.3, -0.25) is 9.59 Å². The molecule has 0 saturated carbocycles. The summed E-state index contributed by atoms with van der Waals surface area (Å²) in [6, 6.07) is 17.7. The lowest BCUT2D eigenvalue weighted by molar-refractivity contribution is -0.135. The molecule has 0 aliphatic rings. The number of amides is 2. The average Bonchev–Trinajstić information content (AvgIpc) is 2.53. The molecule has 0 unspecified atom stereocenters. The van der Waals surface area contributed by atoms with Crippen LogP contribution in [0.4, 0.5) is 0 Å². The maximum atomic E-state index is 12.1. The van der Waals surface area contributed by atoms with E-state index < -0.39 is 0 Å². The monoisotopic (exact) mass is 310 g/mol. The number of carbonyl (C=O) groups is 2. The molecule has 2 amide bonds. The van der Waals surface area contributed by atoms with Crippen LogP contribution in [0.5, 0.6) is 0 Å². The fraction of sp³-hybridized carbons (Fsp3) is 0.263. The quantitative estimate of drug-likeness (QED) is 0.892. The molecule has 0 saturated heterocycles. The molecule has 23 heavy (non-hydrogen) atoms. The molecule has 2 aromatic carbocycles. The average molecular weight is 310 g/mol. The van der Waals surface area contributed by atoms with Crippen LogP contribution in [0.2, 0.25) is 0 Å². The predicted molar refractivity (Wildman–Crippen MR) is 90.6 cm³/mol. The van der Waals surface area contributed by atoms with E-state index in [1.54, 1.807) is 4.90 Å². The van der Waals surface area contributed by atoms with Crippen LogP contribution in [0.15, 0.2) is 54.6 Å². The largest absolute Gasteiger partial charge is 0.350 e. The second kappa shape index (κ2) is 8.13. The van der Waals surface area contributed by atoms with E-state index in [0.29, 0.717) is 13.1 Å². The van der Waals surface area contributed by atoms with E-state index in [9.17, 15) is 9.59 Å². The van der Waals surface area contributed by atoms with E-state index >= 15 is 0 Å². The third-order valence-corrected chi connectivity index (χ3v) is 3.57. The number of aryl methyl sites for hydroxylation is 1. The summed E-state index contributed by atoms with van der Waals surface area (Å²) in [6.45, 7) is 4.47. The number of benzene rings is 2. The van der Waals surface area contributed by atoms with Gasteiger partial charge in [0.05, 0.1) is 6.54 Å². The highest BCUT2D eigenvalue weighted by Crippen LogP contribution is 2.08. The Morgan fingerprint density at radius 1 is 1.00 bits per heavy atom. The lowest BCUT2D eigenvalue weighted by Gasteiger charge is -2.21. The molecule has 4 heteroatoms. The van der Waals surface area contributed by atoms with Crippen LogP contribution in [0, 0.1) is 6.92 Å². The zero-order valence-corrected chi connectivity index (χ0v) is 13.6. The maximum absolute atomic E-state index is 12.1. The minimum absolute atomic E-state index is 0.0656. The second-order valence-electron chi connectivity index (χ2n) is 5.63. The Morgan fingerprint density at radius 3 is 2.35 bits per heavy atom. The summed E-state index contributed by atoms with van der Waals surface area (Å²) in [6.07, 6.45) is 0. The van der Waals surface area contributed by atoms with Crippen molar-refractivity contribution in [1.29, 1.82) is 0 Å². The molecular formula is C19H22N2O2. The van der Waals surface area contributed by atoms with Gasteiger partial charge in [0.15, 0.2) is 0 Å². The highest BCUT2D eigenvalue weighted by Gasteiger charge is 2.14. The highest BCUT2D eigenvalue weighted by molar-refractivity contribution is 5.83. The van der Waals surface area contributed by atoms with Crippen LogP contribution in [0.3, 0.4) is 0 Å². The first-order chi connectivity index (χ1) is 11.0. The third kappa shape index (κ3) is 5.58. The SMILES string of the molecule is CC(=O)N(CC(=O)NCc1ccccc1)Cc1cccc(C)c1. The topological polar surface area (TPSA) is 49.4 Å². The van der Waals surface area contributed by atoms with Gasteiger partial charge in [-0.15, -0.1) is 0 Å². The molecule has 1 N–H and O–H groups in total. The Balaban J connectivity index is 1.91. The molecule has 120 valence electrons. The van der Waals surface area contributed by atoms with Crippen molar-refractivity contribution in [3.63, 3.8) is 0 Å². The van der Waals surface area contributed by atoms with Gasteiger partial charge in [0, 0.05) is 20.0 Å². The Morgan fingerprint density at radius 2 is 1.70 bits per heavy atom. The summed E-state index contributed by atoms with van der Waals surface area (Å²) in [5.41, 5.74) is 3.20. The molecule has 0 bridgehead atoms. The van der Waals surface area contributed by atoms with Gasteiger partial charge in [0.1, 0.15) is 0 Å². The van der Waals surface area contributed by atoms with Crippen LogP contribution in [0.1, 0.15) is 23.6 Å². The first kappa shape index (κ1) is 16.7. The van der Waals surface area contributed by atoms with E-state index in [1.165, 1.54) is 6.92 Å². The van der Waals surface area contributed by atoms with Crippen molar-refractivity contribution in [3.05, 3.63) is 71.3 Å².